The highest BCUT2D eigenvalue weighted by Gasteiger charge is 2.27. The third kappa shape index (κ3) is 5.70. The number of aliphatic hydroxyl groups is 1. The van der Waals surface area contributed by atoms with E-state index < -0.39 is 10.8 Å². The molecule has 3 N–H and O–H groups in total. The Morgan fingerprint density at radius 2 is 2.12 bits per heavy atom. The molecule has 3 aromatic heterocycles. The number of nitriles is 1. The van der Waals surface area contributed by atoms with Crippen LogP contribution in [0.25, 0.3) is 11.0 Å². The molecule has 166 valence electrons. The van der Waals surface area contributed by atoms with E-state index in [0.717, 1.165) is 17.5 Å². The van der Waals surface area contributed by atoms with Gasteiger partial charge in [0.25, 0.3) is 5.56 Å². The Kier molecular flexibility index (Phi) is 7.10. The van der Waals surface area contributed by atoms with E-state index in [1.807, 2.05) is 13.8 Å². The maximum absolute atomic E-state index is 12.0. The van der Waals surface area contributed by atoms with Gasteiger partial charge in [-0.3, -0.25) is 9.89 Å². The molecule has 33 heavy (non-hydrogen) atoms. The zero-order valence-electron chi connectivity index (χ0n) is 18.9. The summed E-state index contributed by atoms with van der Waals surface area (Å²) in [5.74, 6) is 0.163. The average Bonchev–Trinajstić information content (AvgIpc) is 3.27. The summed E-state index contributed by atoms with van der Waals surface area (Å²) in [6.07, 6.45) is 6.11. The van der Waals surface area contributed by atoms with Crippen LogP contribution < -0.4 is 10.9 Å². The fourth-order valence-electron chi connectivity index (χ4n) is 3.41. The molecule has 0 aromatic carbocycles. The van der Waals surface area contributed by atoms with E-state index in [4.69, 9.17) is 33.4 Å². The maximum atomic E-state index is 12.0. The zero-order chi connectivity index (χ0) is 24.4. The number of H-pyrrole nitrogens is 1. The SMILES string of the molecule is CC1(O)CCC1.[B]C([B])([B])n1cc(Nc2ncc3cc(C#N)n([C@@H](C)COC)c3n2)c(=O)[nH]1. The van der Waals surface area contributed by atoms with Gasteiger partial charge in [-0.25, -0.2) is 4.98 Å². The van der Waals surface area contributed by atoms with Crippen molar-refractivity contribution in [3.8, 4) is 6.07 Å². The number of aromatic nitrogens is 5. The Bertz CT molecular complexity index is 1210. The van der Waals surface area contributed by atoms with Crippen molar-refractivity contribution in [1.29, 1.82) is 5.26 Å². The Morgan fingerprint density at radius 1 is 1.45 bits per heavy atom. The molecule has 0 aliphatic heterocycles. The molecule has 13 heteroatoms. The Labute approximate surface area is 195 Å². The van der Waals surface area contributed by atoms with Gasteiger partial charge in [0, 0.05) is 24.9 Å². The topological polar surface area (TPSA) is 134 Å². The van der Waals surface area contributed by atoms with Gasteiger partial charge in [0.1, 0.15) is 23.1 Å². The summed E-state index contributed by atoms with van der Waals surface area (Å²) in [6, 6.07) is 3.71. The largest absolute Gasteiger partial charge is 0.390 e. The van der Waals surface area contributed by atoms with E-state index in [1.165, 1.54) is 12.6 Å². The van der Waals surface area contributed by atoms with Crippen LogP contribution in [-0.2, 0) is 9.97 Å². The lowest BCUT2D eigenvalue weighted by molar-refractivity contribution is -0.0147. The van der Waals surface area contributed by atoms with Crippen LogP contribution in [0.5, 0.6) is 0 Å². The molecule has 0 amide bonds. The van der Waals surface area contributed by atoms with Gasteiger partial charge >= 0.3 is 0 Å². The van der Waals surface area contributed by atoms with Gasteiger partial charge in [0.2, 0.25) is 5.95 Å². The van der Waals surface area contributed by atoms with E-state index in [9.17, 15) is 10.1 Å². The molecule has 0 spiro atoms. The lowest BCUT2D eigenvalue weighted by Gasteiger charge is -2.31. The van der Waals surface area contributed by atoms with Crippen molar-refractivity contribution in [1.82, 2.24) is 24.3 Å². The summed E-state index contributed by atoms with van der Waals surface area (Å²) in [5.41, 5.74) is 0.313. The van der Waals surface area contributed by atoms with E-state index in [1.54, 1.807) is 23.9 Å². The molecule has 6 radical (unpaired) electrons. The van der Waals surface area contributed by atoms with Crippen LogP contribution in [-0.4, -0.2) is 72.3 Å². The van der Waals surface area contributed by atoms with Crippen molar-refractivity contribution in [2.24, 2.45) is 0 Å². The van der Waals surface area contributed by atoms with Crippen LogP contribution in [0.2, 0.25) is 0 Å². The minimum atomic E-state index is -1.75. The monoisotopic (exact) mass is 443 g/mol. The molecule has 0 bridgehead atoms. The van der Waals surface area contributed by atoms with Crippen molar-refractivity contribution in [3.05, 3.63) is 34.5 Å². The first-order chi connectivity index (χ1) is 15.4. The predicted molar refractivity (Wildman–Crippen MR) is 127 cm³/mol. The van der Waals surface area contributed by atoms with E-state index >= 15 is 0 Å². The molecule has 1 aliphatic rings. The molecule has 4 rings (SSSR count). The number of methoxy groups -OCH3 is 1. The summed E-state index contributed by atoms with van der Waals surface area (Å²) in [5, 5.41) is 22.5. The minimum absolute atomic E-state index is 0.114. The maximum Gasteiger partial charge on any atom is 0.287 e. The highest BCUT2D eigenvalue weighted by Crippen LogP contribution is 2.30. The van der Waals surface area contributed by atoms with Crippen LogP contribution in [0.1, 0.15) is 44.8 Å². The van der Waals surface area contributed by atoms with Gasteiger partial charge < -0.3 is 24.4 Å². The third-order valence-corrected chi connectivity index (χ3v) is 5.36. The molecule has 0 saturated heterocycles. The van der Waals surface area contributed by atoms with Gasteiger partial charge in [0.15, 0.2) is 0 Å². The molecule has 10 nitrogen and oxygen atoms in total. The highest BCUT2D eigenvalue weighted by molar-refractivity contribution is 6.56. The molecule has 0 unspecified atom stereocenters. The molecule has 1 fully saturated rings. The van der Waals surface area contributed by atoms with Crippen molar-refractivity contribution in [2.75, 3.05) is 19.0 Å². The standard InChI is InChI=1S/C15H14B3N7O2.C5H10O/c1-8(7-27-2)25-10(4-19)3-9-5-20-14(22-12(9)25)21-11-6-24(15(16,17)18)23-13(11)26;1-5(6)3-2-4-5/h3,5-6,8H,7H2,1-2H3,(H,23,26)(H,20,21,22);6H,2-4H2,1H3/t8-;/m0./s1. The second-order valence-electron chi connectivity index (χ2n) is 8.50. The second kappa shape index (κ2) is 9.49. The van der Waals surface area contributed by atoms with Crippen LogP contribution in [0.3, 0.4) is 0 Å². The Hall–Kier alpha value is -2.97. The van der Waals surface area contributed by atoms with Crippen molar-refractivity contribution < 1.29 is 9.84 Å². The minimum Gasteiger partial charge on any atom is -0.390 e. The zero-order valence-corrected chi connectivity index (χ0v) is 18.9. The molecule has 3 aromatic rings. The van der Waals surface area contributed by atoms with E-state index in [-0.39, 0.29) is 23.3 Å². The van der Waals surface area contributed by atoms with Crippen LogP contribution in [0.4, 0.5) is 11.6 Å². The second-order valence-corrected chi connectivity index (χ2v) is 8.50. The lowest BCUT2D eigenvalue weighted by atomic mass is 9.49. The summed E-state index contributed by atoms with van der Waals surface area (Å²) in [4.78, 5) is 20.6. The van der Waals surface area contributed by atoms with Crippen molar-refractivity contribution in [2.45, 2.75) is 50.0 Å². The average molecular weight is 443 g/mol. The summed E-state index contributed by atoms with van der Waals surface area (Å²) < 4.78 is 8.00. The van der Waals surface area contributed by atoms with Gasteiger partial charge in [-0.2, -0.15) is 10.2 Å². The number of hydrogen-bond acceptors (Lipinski definition) is 7. The fraction of sp³-hybridized carbons (Fsp3) is 0.500. The first-order valence-corrected chi connectivity index (χ1v) is 10.4. The fourth-order valence-corrected chi connectivity index (χ4v) is 3.41. The van der Waals surface area contributed by atoms with Crippen LogP contribution in [0.15, 0.2) is 23.3 Å². The first-order valence-electron chi connectivity index (χ1n) is 10.4. The molecular weight excluding hydrogens is 419 g/mol. The quantitative estimate of drug-likeness (QED) is 0.479. The number of nitrogens with zero attached hydrogens (tertiary/aromatic N) is 5. The van der Waals surface area contributed by atoms with Crippen molar-refractivity contribution >= 4 is 46.2 Å². The summed E-state index contributed by atoms with van der Waals surface area (Å²) in [7, 11) is 18.2. The van der Waals surface area contributed by atoms with Gasteiger partial charge in [-0.1, -0.05) is 0 Å². The van der Waals surface area contributed by atoms with Gasteiger partial charge in [0.05, 0.1) is 41.8 Å². The number of rotatable bonds is 6. The first kappa shape index (κ1) is 24.7. The van der Waals surface area contributed by atoms with E-state index in [0.29, 0.717) is 23.3 Å². The Morgan fingerprint density at radius 3 is 2.61 bits per heavy atom. The smallest absolute Gasteiger partial charge is 0.287 e. The molecule has 1 atom stereocenters. The number of ether oxygens (including phenoxy) is 1. The van der Waals surface area contributed by atoms with Gasteiger partial charge in [-0.15, -0.1) is 0 Å². The van der Waals surface area contributed by atoms with E-state index in [2.05, 4.69) is 26.5 Å². The summed E-state index contributed by atoms with van der Waals surface area (Å²) in [6.45, 7) is 4.20. The van der Waals surface area contributed by atoms with Crippen molar-refractivity contribution in [3.63, 3.8) is 0 Å². The number of nitrogens with one attached hydrogen (secondary N) is 2. The number of aromatic amines is 1. The number of hydrogen-bond donors (Lipinski definition) is 3. The van der Waals surface area contributed by atoms with Crippen LogP contribution >= 0.6 is 0 Å². The number of anilines is 2. The molecule has 1 saturated carbocycles. The molecular formula is C20H24B3N7O3. The summed E-state index contributed by atoms with van der Waals surface area (Å²) >= 11 is 0. The number of fused-ring (bicyclic) bond motifs is 1. The molecule has 1 aliphatic carbocycles. The predicted octanol–water partition coefficient (Wildman–Crippen LogP) is 0.738. The normalized spacial score (nSPS) is 15.7. The lowest BCUT2D eigenvalue weighted by Crippen LogP contribution is -2.36. The molecule has 3 heterocycles. The third-order valence-electron chi connectivity index (χ3n) is 5.36. The Balaban J connectivity index is 0.000000442. The highest BCUT2D eigenvalue weighted by atomic mass is 16.5. The van der Waals surface area contributed by atoms with Crippen LogP contribution in [0, 0.1) is 11.3 Å². The van der Waals surface area contributed by atoms with Gasteiger partial charge in [-0.05, 0) is 44.4 Å².